The Morgan fingerprint density at radius 3 is 2.11 bits per heavy atom. The van der Waals surface area contributed by atoms with E-state index in [4.69, 9.17) is 20.9 Å². The van der Waals surface area contributed by atoms with Crippen LogP contribution in [0.1, 0.15) is 53.2 Å². The van der Waals surface area contributed by atoms with E-state index in [0.29, 0.717) is 10.9 Å². The summed E-state index contributed by atoms with van der Waals surface area (Å²) in [7, 11) is -0.453. The molecule has 0 radical (unpaired) electrons. The first-order valence-corrected chi connectivity index (χ1v) is 7.03. The fourth-order valence-electron chi connectivity index (χ4n) is 1.92. The summed E-state index contributed by atoms with van der Waals surface area (Å²) < 4.78 is 12.0. The Hall–Kier alpha value is -0.575. The van der Waals surface area contributed by atoms with Gasteiger partial charge in [0.2, 0.25) is 0 Å². The Bertz CT molecular complexity index is 472. The third-order valence-corrected chi connectivity index (χ3v) is 4.33. The molecule has 0 aromatic carbocycles. The maximum Gasteiger partial charge on any atom is 0.497 e. The highest BCUT2D eigenvalue weighted by Gasteiger charge is 2.52. The van der Waals surface area contributed by atoms with Crippen molar-refractivity contribution in [3.63, 3.8) is 0 Å². The maximum absolute atomic E-state index is 6.34. The van der Waals surface area contributed by atoms with Crippen LogP contribution in [0, 0.1) is 0 Å². The van der Waals surface area contributed by atoms with E-state index in [1.165, 1.54) is 0 Å². The fraction of sp³-hybridized carbons (Fsp3) is 0.643. The molecule has 0 aliphatic carbocycles. The largest absolute Gasteiger partial charge is 0.497 e. The van der Waals surface area contributed by atoms with Crippen molar-refractivity contribution in [1.29, 1.82) is 0 Å². The van der Waals surface area contributed by atoms with E-state index in [9.17, 15) is 0 Å². The molecule has 0 bridgehead atoms. The van der Waals surface area contributed by atoms with Crippen LogP contribution in [0.4, 0.5) is 0 Å². The third-order valence-electron chi connectivity index (χ3n) is 4.00. The normalized spacial score (nSPS) is 21.2. The zero-order valence-electron chi connectivity index (χ0n) is 12.5. The molecule has 0 saturated carbocycles. The molecule has 0 atom stereocenters. The summed E-state index contributed by atoms with van der Waals surface area (Å²) in [6.45, 7) is 12.3. The van der Waals surface area contributed by atoms with Crippen LogP contribution in [-0.4, -0.2) is 23.3 Å². The minimum Gasteiger partial charge on any atom is -0.399 e. The SMILES string of the molecule is CC(C)c1cc(Cl)c(B2OC(C)(C)C(C)(C)O2)cn1. The zero-order valence-corrected chi connectivity index (χ0v) is 13.2. The van der Waals surface area contributed by atoms with Gasteiger partial charge in [-0.3, -0.25) is 4.98 Å². The summed E-state index contributed by atoms with van der Waals surface area (Å²) >= 11 is 6.34. The predicted molar refractivity (Wildman–Crippen MR) is 79.1 cm³/mol. The van der Waals surface area contributed by atoms with E-state index in [1.54, 1.807) is 6.20 Å². The highest BCUT2D eigenvalue weighted by molar-refractivity contribution is 6.65. The first kappa shape index (κ1) is 14.8. The first-order chi connectivity index (χ1) is 8.64. The van der Waals surface area contributed by atoms with Crippen molar-refractivity contribution in [3.8, 4) is 0 Å². The molecule has 1 saturated heterocycles. The molecule has 2 rings (SSSR count). The van der Waals surface area contributed by atoms with Crippen molar-refractivity contribution < 1.29 is 9.31 Å². The van der Waals surface area contributed by atoms with E-state index in [-0.39, 0.29) is 11.2 Å². The molecule has 1 aliphatic rings. The first-order valence-electron chi connectivity index (χ1n) is 6.65. The minimum absolute atomic E-state index is 0.352. The molecular formula is C14H21BClNO2. The van der Waals surface area contributed by atoms with Crippen molar-refractivity contribution >= 4 is 24.2 Å². The van der Waals surface area contributed by atoms with Crippen LogP contribution in [0.5, 0.6) is 0 Å². The van der Waals surface area contributed by atoms with Crippen molar-refractivity contribution in [1.82, 2.24) is 4.98 Å². The van der Waals surface area contributed by atoms with Crippen LogP contribution in [0.25, 0.3) is 0 Å². The summed E-state index contributed by atoms with van der Waals surface area (Å²) in [5, 5.41) is 0.650. The molecule has 1 aliphatic heterocycles. The minimum atomic E-state index is -0.453. The molecule has 0 unspecified atom stereocenters. The van der Waals surface area contributed by atoms with Gasteiger partial charge in [-0.1, -0.05) is 25.4 Å². The zero-order chi connectivity index (χ0) is 14.4. The van der Waals surface area contributed by atoms with Gasteiger partial charge in [0, 0.05) is 22.4 Å². The maximum atomic E-state index is 6.34. The second-order valence-electron chi connectivity index (χ2n) is 6.37. The number of nitrogens with zero attached hydrogens (tertiary/aromatic N) is 1. The Balaban J connectivity index is 2.30. The number of pyridine rings is 1. The van der Waals surface area contributed by atoms with E-state index in [1.807, 2.05) is 33.8 Å². The summed E-state index contributed by atoms with van der Waals surface area (Å²) in [6.07, 6.45) is 1.76. The lowest BCUT2D eigenvalue weighted by Gasteiger charge is -2.32. The van der Waals surface area contributed by atoms with Gasteiger partial charge in [-0.05, 0) is 39.7 Å². The van der Waals surface area contributed by atoms with Gasteiger partial charge < -0.3 is 9.31 Å². The van der Waals surface area contributed by atoms with Crippen LogP contribution in [0.2, 0.25) is 5.02 Å². The predicted octanol–water partition coefficient (Wildman–Crippen LogP) is 3.16. The monoisotopic (exact) mass is 281 g/mol. The summed E-state index contributed by atoms with van der Waals surface area (Å²) in [5.74, 6) is 0.352. The van der Waals surface area contributed by atoms with Gasteiger partial charge in [0.05, 0.1) is 11.2 Å². The molecule has 2 heterocycles. The van der Waals surface area contributed by atoms with Gasteiger partial charge in [0.1, 0.15) is 0 Å². The highest BCUT2D eigenvalue weighted by Crippen LogP contribution is 2.37. The van der Waals surface area contributed by atoms with Crippen molar-refractivity contribution in [2.45, 2.75) is 58.7 Å². The van der Waals surface area contributed by atoms with Crippen LogP contribution in [0.3, 0.4) is 0 Å². The van der Waals surface area contributed by atoms with Crippen LogP contribution >= 0.6 is 11.6 Å². The lowest BCUT2D eigenvalue weighted by molar-refractivity contribution is 0.00578. The molecule has 104 valence electrons. The van der Waals surface area contributed by atoms with Gasteiger partial charge in [-0.15, -0.1) is 0 Å². The molecule has 3 nitrogen and oxygen atoms in total. The number of hydrogen-bond donors (Lipinski definition) is 0. The molecule has 0 amide bonds. The van der Waals surface area contributed by atoms with Gasteiger partial charge in [0.25, 0.3) is 0 Å². The van der Waals surface area contributed by atoms with E-state index >= 15 is 0 Å². The molecular weight excluding hydrogens is 260 g/mol. The average Bonchev–Trinajstić information content (AvgIpc) is 2.47. The molecule has 1 aromatic rings. The van der Waals surface area contributed by atoms with Crippen molar-refractivity contribution in [2.24, 2.45) is 0 Å². The van der Waals surface area contributed by atoms with E-state index in [0.717, 1.165) is 11.2 Å². The van der Waals surface area contributed by atoms with Crippen LogP contribution in [-0.2, 0) is 9.31 Å². The topological polar surface area (TPSA) is 31.4 Å². The van der Waals surface area contributed by atoms with Crippen LogP contribution < -0.4 is 5.46 Å². The number of aromatic nitrogens is 1. The number of rotatable bonds is 2. The fourth-order valence-corrected chi connectivity index (χ4v) is 2.17. The molecule has 5 heteroatoms. The number of halogens is 1. The smallest absolute Gasteiger partial charge is 0.399 e. The Labute approximate surface area is 120 Å². The number of hydrogen-bond acceptors (Lipinski definition) is 3. The standard InChI is InChI=1S/C14H21BClNO2/c1-9(2)12-7-11(16)10(8-17-12)15-18-13(3,4)14(5,6)19-15/h7-9H,1-6H3. The Morgan fingerprint density at radius 2 is 1.68 bits per heavy atom. The second kappa shape index (κ2) is 4.76. The van der Waals surface area contributed by atoms with Gasteiger partial charge in [-0.2, -0.15) is 0 Å². The molecule has 1 fully saturated rings. The Kier molecular flexibility index (Phi) is 3.71. The lowest BCUT2D eigenvalue weighted by Crippen LogP contribution is -2.41. The van der Waals surface area contributed by atoms with Gasteiger partial charge >= 0.3 is 7.12 Å². The van der Waals surface area contributed by atoms with Gasteiger partial charge in [0.15, 0.2) is 0 Å². The summed E-state index contributed by atoms with van der Waals surface area (Å²) in [6, 6.07) is 1.90. The third kappa shape index (κ3) is 2.67. The molecule has 1 aromatic heterocycles. The second-order valence-corrected chi connectivity index (χ2v) is 6.78. The van der Waals surface area contributed by atoms with Crippen molar-refractivity contribution in [3.05, 3.63) is 23.0 Å². The lowest BCUT2D eigenvalue weighted by atomic mass is 9.80. The molecule has 19 heavy (non-hydrogen) atoms. The van der Waals surface area contributed by atoms with E-state index in [2.05, 4.69) is 18.8 Å². The summed E-state index contributed by atoms with van der Waals surface area (Å²) in [5.41, 5.74) is 1.05. The molecule has 0 spiro atoms. The molecule has 0 N–H and O–H groups in total. The Morgan fingerprint density at radius 1 is 1.16 bits per heavy atom. The van der Waals surface area contributed by atoms with Crippen molar-refractivity contribution in [2.75, 3.05) is 0 Å². The summed E-state index contributed by atoms with van der Waals surface area (Å²) in [4.78, 5) is 4.43. The van der Waals surface area contributed by atoms with Crippen LogP contribution in [0.15, 0.2) is 12.3 Å². The highest BCUT2D eigenvalue weighted by atomic mass is 35.5. The average molecular weight is 282 g/mol. The van der Waals surface area contributed by atoms with Gasteiger partial charge in [-0.25, -0.2) is 0 Å². The quantitative estimate of drug-likeness (QED) is 0.780. The van der Waals surface area contributed by atoms with E-state index < -0.39 is 7.12 Å².